The number of thioether (sulfide) groups is 1. The van der Waals surface area contributed by atoms with E-state index < -0.39 is 0 Å². The Kier molecular flexibility index (Phi) is 6.02. The summed E-state index contributed by atoms with van der Waals surface area (Å²) in [5.41, 5.74) is 0. The minimum Gasteiger partial charge on any atom is -0.367 e. The van der Waals surface area contributed by atoms with Crippen LogP contribution in [0.1, 0.15) is 13.3 Å². The van der Waals surface area contributed by atoms with Crippen LogP contribution < -0.4 is 5.32 Å². The second kappa shape index (κ2) is 7.03. The van der Waals surface area contributed by atoms with Gasteiger partial charge in [0.2, 0.25) is 0 Å². The van der Waals surface area contributed by atoms with Crippen LogP contribution in [0.15, 0.2) is 11.2 Å². The third-order valence-corrected chi connectivity index (χ3v) is 3.00. The molecule has 1 heterocycles. The van der Waals surface area contributed by atoms with Crippen molar-refractivity contribution in [3.05, 3.63) is 11.2 Å². The van der Waals surface area contributed by atoms with Crippen LogP contribution >= 0.6 is 23.4 Å². The summed E-state index contributed by atoms with van der Waals surface area (Å²) in [7, 11) is 4.14. The molecule has 0 aliphatic rings. The molecule has 0 aromatic carbocycles. The van der Waals surface area contributed by atoms with E-state index in [2.05, 4.69) is 41.2 Å². The summed E-state index contributed by atoms with van der Waals surface area (Å²) < 4.78 is 0. The average molecular weight is 275 g/mol. The molecule has 1 unspecified atom stereocenters. The summed E-state index contributed by atoms with van der Waals surface area (Å²) in [6, 6.07) is 2.12. The van der Waals surface area contributed by atoms with Crippen molar-refractivity contribution >= 4 is 29.2 Å². The molecule has 0 saturated carbocycles. The maximum absolute atomic E-state index is 5.93. The molecule has 1 aromatic heterocycles. The van der Waals surface area contributed by atoms with E-state index in [4.69, 9.17) is 11.6 Å². The summed E-state index contributed by atoms with van der Waals surface area (Å²) in [6.45, 7) is 3.18. The van der Waals surface area contributed by atoms with Crippen LogP contribution in [-0.2, 0) is 0 Å². The normalized spacial score (nSPS) is 12.8. The lowest BCUT2D eigenvalue weighted by molar-refractivity contribution is 0.390. The predicted molar refractivity (Wildman–Crippen MR) is 75.1 cm³/mol. The molecular weight excluding hydrogens is 256 g/mol. The van der Waals surface area contributed by atoms with E-state index in [1.165, 1.54) is 11.8 Å². The van der Waals surface area contributed by atoms with Gasteiger partial charge in [0, 0.05) is 12.1 Å². The Bertz CT molecular complexity index is 359. The summed E-state index contributed by atoms with van der Waals surface area (Å²) >= 11 is 7.41. The maximum atomic E-state index is 5.93. The van der Waals surface area contributed by atoms with Crippen LogP contribution in [0.4, 0.5) is 5.82 Å². The highest BCUT2D eigenvalue weighted by molar-refractivity contribution is 7.98. The van der Waals surface area contributed by atoms with Gasteiger partial charge in [-0.3, -0.25) is 0 Å². The standard InChI is InChI=1S/C11H19ClN4S/c1-8(5-6-16(2)3)13-10-7-9(12)14-11(15-10)17-4/h7-8H,5-6H2,1-4H3,(H,13,14,15). The Hall–Kier alpha value is -0.520. The number of halogens is 1. The quantitative estimate of drug-likeness (QED) is 0.491. The molecule has 4 nitrogen and oxygen atoms in total. The van der Waals surface area contributed by atoms with Gasteiger partial charge >= 0.3 is 0 Å². The Morgan fingerprint density at radius 2 is 2.18 bits per heavy atom. The lowest BCUT2D eigenvalue weighted by Crippen LogP contribution is -2.23. The first kappa shape index (κ1) is 14.5. The molecule has 0 fully saturated rings. The third kappa shape index (κ3) is 5.57. The van der Waals surface area contributed by atoms with Crippen LogP contribution in [-0.4, -0.2) is 47.8 Å². The minimum atomic E-state index is 0.359. The molecule has 1 atom stereocenters. The lowest BCUT2D eigenvalue weighted by Gasteiger charge is -2.17. The van der Waals surface area contributed by atoms with Gasteiger partial charge in [0.1, 0.15) is 11.0 Å². The fourth-order valence-corrected chi connectivity index (χ4v) is 1.95. The van der Waals surface area contributed by atoms with Crippen molar-refractivity contribution in [1.82, 2.24) is 14.9 Å². The fraction of sp³-hybridized carbons (Fsp3) is 0.636. The molecule has 96 valence electrons. The molecule has 6 heteroatoms. The van der Waals surface area contributed by atoms with E-state index in [0.29, 0.717) is 16.4 Å². The Morgan fingerprint density at radius 1 is 1.47 bits per heavy atom. The van der Waals surface area contributed by atoms with E-state index >= 15 is 0 Å². The van der Waals surface area contributed by atoms with Crippen LogP contribution in [0.25, 0.3) is 0 Å². The van der Waals surface area contributed by atoms with Gasteiger partial charge in [-0.15, -0.1) is 0 Å². The van der Waals surface area contributed by atoms with Crippen molar-refractivity contribution in [2.75, 3.05) is 32.2 Å². The van der Waals surface area contributed by atoms with Crippen LogP contribution in [0.3, 0.4) is 0 Å². The highest BCUT2D eigenvalue weighted by Crippen LogP contribution is 2.18. The molecule has 0 bridgehead atoms. The first-order valence-electron chi connectivity index (χ1n) is 5.51. The monoisotopic (exact) mass is 274 g/mol. The van der Waals surface area contributed by atoms with Gasteiger partial charge in [-0.1, -0.05) is 23.4 Å². The van der Waals surface area contributed by atoms with Gasteiger partial charge in [-0.25, -0.2) is 9.97 Å². The summed E-state index contributed by atoms with van der Waals surface area (Å²) in [5, 5.41) is 4.51. The Morgan fingerprint density at radius 3 is 2.76 bits per heavy atom. The zero-order valence-corrected chi connectivity index (χ0v) is 12.3. The van der Waals surface area contributed by atoms with Crippen LogP contribution in [0.2, 0.25) is 5.15 Å². The maximum Gasteiger partial charge on any atom is 0.190 e. The summed E-state index contributed by atoms with van der Waals surface area (Å²) in [6.07, 6.45) is 2.99. The molecule has 0 amide bonds. The highest BCUT2D eigenvalue weighted by atomic mass is 35.5. The smallest absolute Gasteiger partial charge is 0.190 e. The van der Waals surface area contributed by atoms with Gasteiger partial charge in [-0.05, 0) is 40.2 Å². The average Bonchev–Trinajstić information content (AvgIpc) is 2.25. The lowest BCUT2D eigenvalue weighted by atomic mass is 10.2. The van der Waals surface area contributed by atoms with Crippen LogP contribution in [0, 0.1) is 0 Å². The van der Waals surface area contributed by atoms with Crippen molar-refractivity contribution < 1.29 is 0 Å². The van der Waals surface area contributed by atoms with Crippen molar-refractivity contribution in [3.63, 3.8) is 0 Å². The highest BCUT2D eigenvalue weighted by Gasteiger charge is 2.06. The van der Waals surface area contributed by atoms with Crippen molar-refractivity contribution in [2.24, 2.45) is 0 Å². The van der Waals surface area contributed by atoms with E-state index in [1.54, 1.807) is 6.07 Å². The van der Waals surface area contributed by atoms with Gasteiger partial charge < -0.3 is 10.2 Å². The van der Waals surface area contributed by atoms with E-state index in [0.717, 1.165) is 18.8 Å². The molecule has 0 spiro atoms. The van der Waals surface area contributed by atoms with Gasteiger partial charge in [0.05, 0.1) is 0 Å². The SMILES string of the molecule is CSc1nc(Cl)cc(NC(C)CCN(C)C)n1. The third-order valence-electron chi connectivity index (χ3n) is 2.26. The molecular formula is C11H19ClN4S. The molecule has 0 saturated heterocycles. The molecule has 1 rings (SSSR count). The first-order chi connectivity index (χ1) is 8.01. The zero-order chi connectivity index (χ0) is 12.8. The molecule has 1 aromatic rings. The predicted octanol–water partition coefficient (Wildman–Crippen LogP) is 2.60. The molecule has 17 heavy (non-hydrogen) atoms. The Balaban J connectivity index is 2.58. The topological polar surface area (TPSA) is 41.1 Å². The summed E-state index contributed by atoms with van der Waals surface area (Å²) in [4.78, 5) is 10.6. The van der Waals surface area contributed by atoms with Crippen molar-refractivity contribution in [3.8, 4) is 0 Å². The molecule has 0 aliphatic heterocycles. The number of hydrogen-bond donors (Lipinski definition) is 1. The van der Waals surface area contributed by atoms with Gasteiger partial charge in [0.25, 0.3) is 0 Å². The fourth-order valence-electron chi connectivity index (χ4n) is 1.34. The molecule has 0 aliphatic carbocycles. The summed E-state index contributed by atoms with van der Waals surface area (Å²) in [5.74, 6) is 0.792. The van der Waals surface area contributed by atoms with E-state index in [1.807, 2.05) is 6.26 Å². The minimum absolute atomic E-state index is 0.359. The molecule has 1 N–H and O–H groups in total. The van der Waals surface area contributed by atoms with Crippen molar-refractivity contribution in [2.45, 2.75) is 24.5 Å². The largest absolute Gasteiger partial charge is 0.367 e. The first-order valence-corrected chi connectivity index (χ1v) is 7.11. The second-order valence-corrected chi connectivity index (χ2v) is 5.36. The van der Waals surface area contributed by atoms with E-state index in [-0.39, 0.29) is 0 Å². The molecule has 0 radical (unpaired) electrons. The zero-order valence-electron chi connectivity index (χ0n) is 10.7. The van der Waals surface area contributed by atoms with E-state index in [9.17, 15) is 0 Å². The number of rotatable bonds is 6. The number of aromatic nitrogens is 2. The number of nitrogens with zero attached hydrogens (tertiary/aromatic N) is 3. The number of hydrogen-bond acceptors (Lipinski definition) is 5. The number of nitrogens with one attached hydrogen (secondary N) is 1. The van der Waals surface area contributed by atoms with Crippen LogP contribution in [0.5, 0.6) is 0 Å². The van der Waals surface area contributed by atoms with Gasteiger partial charge in [0.15, 0.2) is 5.16 Å². The Labute approximate surface area is 112 Å². The van der Waals surface area contributed by atoms with Gasteiger partial charge in [-0.2, -0.15) is 0 Å². The number of anilines is 1. The van der Waals surface area contributed by atoms with Crippen molar-refractivity contribution in [1.29, 1.82) is 0 Å². The second-order valence-electron chi connectivity index (χ2n) is 4.20.